The van der Waals surface area contributed by atoms with Gasteiger partial charge in [-0.25, -0.2) is 9.13 Å². The minimum Gasteiger partial charge on any atom is -0.462 e. The monoisotopic (exact) mass is 1390 g/mol. The zero-order valence-corrected chi connectivity index (χ0v) is 62.1. The SMILES string of the molecule is CC/C=C\C/C=C\C/C=C\CCCCCCCCCC(=O)OCC(COP(=O)(O)OCC(O)COP(=O)(O)OCC(COC(=O)CCCCCCC/C=C\C/C=C\CCC)OC(=O)CCCCCCC/C=C\CCCC)OC(=O)CCCCCCC/C=C\C/C=C\CCCCC. The van der Waals surface area contributed by atoms with E-state index in [0.717, 1.165) is 199 Å². The summed E-state index contributed by atoms with van der Waals surface area (Å²) in [6, 6.07) is 0. The van der Waals surface area contributed by atoms with Crippen LogP contribution in [0.15, 0.2) is 97.2 Å². The van der Waals surface area contributed by atoms with Crippen LogP contribution < -0.4 is 0 Å². The number of carbonyl (C=O) groups is 4. The van der Waals surface area contributed by atoms with Crippen LogP contribution in [0.2, 0.25) is 0 Å². The van der Waals surface area contributed by atoms with E-state index in [9.17, 15) is 43.2 Å². The van der Waals surface area contributed by atoms with Gasteiger partial charge in [0.2, 0.25) is 0 Å². The van der Waals surface area contributed by atoms with Gasteiger partial charge in [-0.05, 0) is 135 Å². The third-order valence-corrected chi connectivity index (χ3v) is 17.4. The maximum atomic E-state index is 13.1. The number of phosphoric ester groups is 2. The molecule has 0 radical (unpaired) electrons. The Bertz CT molecular complexity index is 2200. The second kappa shape index (κ2) is 69.5. The van der Waals surface area contributed by atoms with Crippen LogP contribution in [0.3, 0.4) is 0 Å². The molecule has 5 atom stereocenters. The number of ether oxygens (including phenoxy) is 4. The highest BCUT2D eigenvalue weighted by Gasteiger charge is 2.30. The molecule has 19 heteroatoms. The number of aliphatic hydroxyl groups is 1. The third-order valence-electron chi connectivity index (χ3n) is 15.5. The lowest BCUT2D eigenvalue weighted by Crippen LogP contribution is -2.30. The molecule has 0 aromatic carbocycles. The molecule has 554 valence electrons. The first-order valence-corrected chi connectivity index (χ1v) is 40.5. The molecule has 0 saturated heterocycles. The van der Waals surface area contributed by atoms with E-state index in [0.29, 0.717) is 25.7 Å². The topological polar surface area (TPSA) is 237 Å². The van der Waals surface area contributed by atoms with Crippen molar-refractivity contribution in [2.45, 2.75) is 329 Å². The average Bonchev–Trinajstić information content (AvgIpc) is 2.18. The van der Waals surface area contributed by atoms with Crippen LogP contribution in [-0.4, -0.2) is 96.7 Å². The fraction of sp³-hybridized carbons (Fsp3) is 0.740. The molecule has 17 nitrogen and oxygen atoms in total. The predicted molar refractivity (Wildman–Crippen MR) is 390 cm³/mol. The molecule has 96 heavy (non-hydrogen) atoms. The summed E-state index contributed by atoms with van der Waals surface area (Å²) in [6.07, 6.45) is 71.2. The van der Waals surface area contributed by atoms with E-state index in [2.05, 4.69) is 125 Å². The molecule has 0 rings (SSSR count). The number of hydrogen-bond acceptors (Lipinski definition) is 15. The van der Waals surface area contributed by atoms with Gasteiger partial charge in [0.25, 0.3) is 0 Å². The van der Waals surface area contributed by atoms with Crippen LogP contribution in [0.5, 0.6) is 0 Å². The van der Waals surface area contributed by atoms with E-state index in [1.165, 1.54) is 32.1 Å². The number of allylic oxidation sites excluding steroid dienone is 16. The quantitative estimate of drug-likeness (QED) is 0.0169. The summed E-state index contributed by atoms with van der Waals surface area (Å²) in [4.78, 5) is 72.7. The summed E-state index contributed by atoms with van der Waals surface area (Å²) in [5.74, 6) is -2.22. The molecule has 0 bridgehead atoms. The van der Waals surface area contributed by atoms with Crippen molar-refractivity contribution >= 4 is 39.5 Å². The first-order valence-electron chi connectivity index (χ1n) is 37.5. The van der Waals surface area contributed by atoms with Gasteiger partial charge in [-0.2, -0.15) is 0 Å². The van der Waals surface area contributed by atoms with E-state index in [1.807, 2.05) is 0 Å². The van der Waals surface area contributed by atoms with E-state index < -0.39 is 97.5 Å². The Morgan fingerprint density at radius 2 is 0.573 bits per heavy atom. The van der Waals surface area contributed by atoms with Crippen molar-refractivity contribution in [2.24, 2.45) is 0 Å². The lowest BCUT2D eigenvalue weighted by molar-refractivity contribution is -0.161. The highest BCUT2D eigenvalue weighted by Crippen LogP contribution is 2.45. The van der Waals surface area contributed by atoms with Crippen molar-refractivity contribution in [3.8, 4) is 0 Å². The second-order valence-electron chi connectivity index (χ2n) is 24.8. The molecule has 0 fully saturated rings. The van der Waals surface area contributed by atoms with Crippen LogP contribution in [0.4, 0.5) is 0 Å². The normalized spacial score (nSPS) is 14.5. The zero-order chi connectivity index (χ0) is 70.4. The Balaban J connectivity index is 5.34. The highest BCUT2D eigenvalue weighted by molar-refractivity contribution is 7.47. The van der Waals surface area contributed by atoms with Crippen molar-refractivity contribution in [1.82, 2.24) is 0 Å². The number of hydrogen-bond donors (Lipinski definition) is 3. The summed E-state index contributed by atoms with van der Waals surface area (Å²) in [5, 5.41) is 10.6. The largest absolute Gasteiger partial charge is 0.472 e. The summed E-state index contributed by atoms with van der Waals surface area (Å²) in [6.45, 7) is 4.59. The lowest BCUT2D eigenvalue weighted by Gasteiger charge is -2.21. The second-order valence-corrected chi connectivity index (χ2v) is 27.8. The summed E-state index contributed by atoms with van der Waals surface area (Å²) in [5.41, 5.74) is 0. The minimum atomic E-state index is -4.98. The highest BCUT2D eigenvalue weighted by atomic mass is 31.2. The maximum absolute atomic E-state index is 13.1. The fourth-order valence-electron chi connectivity index (χ4n) is 9.75. The van der Waals surface area contributed by atoms with Crippen molar-refractivity contribution in [3.63, 3.8) is 0 Å². The van der Waals surface area contributed by atoms with Gasteiger partial charge in [-0.1, -0.05) is 247 Å². The Labute approximate surface area is 582 Å². The molecule has 0 amide bonds. The van der Waals surface area contributed by atoms with E-state index in [1.54, 1.807) is 0 Å². The van der Waals surface area contributed by atoms with Gasteiger partial charge in [-0.3, -0.25) is 37.3 Å². The Kier molecular flexibility index (Phi) is 66.6. The first kappa shape index (κ1) is 92.0. The Morgan fingerprint density at radius 3 is 0.917 bits per heavy atom. The molecule has 0 aliphatic heterocycles. The van der Waals surface area contributed by atoms with Crippen LogP contribution in [0.25, 0.3) is 0 Å². The van der Waals surface area contributed by atoms with Crippen LogP contribution >= 0.6 is 15.6 Å². The van der Waals surface area contributed by atoms with Crippen molar-refractivity contribution in [1.29, 1.82) is 0 Å². The van der Waals surface area contributed by atoms with Crippen molar-refractivity contribution in [3.05, 3.63) is 97.2 Å². The van der Waals surface area contributed by atoms with E-state index >= 15 is 0 Å². The number of phosphoric acid groups is 2. The maximum Gasteiger partial charge on any atom is 0.472 e. The van der Waals surface area contributed by atoms with Gasteiger partial charge in [0.1, 0.15) is 19.3 Å². The third kappa shape index (κ3) is 68.5. The van der Waals surface area contributed by atoms with Gasteiger partial charge < -0.3 is 33.8 Å². The number of carbonyl (C=O) groups excluding carboxylic acids is 4. The molecule has 0 aliphatic rings. The zero-order valence-electron chi connectivity index (χ0n) is 60.3. The molecular formula is C77H134O17P2. The van der Waals surface area contributed by atoms with Gasteiger partial charge in [-0.15, -0.1) is 0 Å². The number of rotatable bonds is 70. The Morgan fingerprint density at radius 1 is 0.302 bits per heavy atom. The molecule has 0 spiro atoms. The Hall–Kier alpha value is -4.02. The molecule has 0 aliphatic carbocycles. The van der Waals surface area contributed by atoms with Gasteiger partial charge >= 0.3 is 39.5 Å². The summed E-state index contributed by atoms with van der Waals surface area (Å²) < 4.78 is 68.4. The lowest BCUT2D eigenvalue weighted by atomic mass is 10.1. The molecule has 0 heterocycles. The fourth-order valence-corrected chi connectivity index (χ4v) is 11.3. The molecule has 3 N–H and O–H groups in total. The van der Waals surface area contributed by atoms with Gasteiger partial charge in [0, 0.05) is 25.7 Å². The van der Waals surface area contributed by atoms with E-state index in [4.69, 9.17) is 37.0 Å². The minimum absolute atomic E-state index is 0.0764. The molecule has 0 saturated carbocycles. The number of esters is 4. The smallest absolute Gasteiger partial charge is 0.462 e. The number of unbranched alkanes of at least 4 members (excludes halogenated alkanes) is 28. The molecule has 0 aromatic heterocycles. The molecule has 5 unspecified atom stereocenters. The van der Waals surface area contributed by atoms with Crippen molar-refractivity contribution in [2.75, 3.05) is 39.6 Å². The molecular weight excluding hydrogens is 1260 g/mol. The van der Waals surface area contributed by atoms with Crippen LogP contribution in [-0.2, 0) is 65.4 Å². The van der Waals surface area contributed by atoms with Gasteiger partial charge in [0.15, 0.2) is 12.2 Å². The van der Waals surface area contributed by atoms with Crippen LogP contribution in [0, 0.1) is 0 Å². The van der Waals surface area contributed by atoms with E-state index in [-0.39, 0.29) is 25.7 Å². The average molecular weight is 1390 g/mol. The summed E-state index contributed by atoms with van der Waals surface area (Å²) in [7, 11) is -9.95. The standard InChI is InChI=1S/C77H134O17P2/c1-5-9-13-17-21-25-29-32-34-35-37-39-43-46-50-54-58-62-75(80)88-68-73(94-77(82)64-60-56-52-48-44-40-36-33-30-26-22-18-14-10-6-2)70-92-96(85,86)90-66-71(78)65-89-95(83,84)91-69-72(93-76(81)63-59-55-51-47-41-28-24-20-16-12-8-4)67-87-74(79)61-57-53-49-45-42-38-31-27-23-19-15-11-7-3/h9,13,15,19-22,24-27,31-34,36,71-73,78H,5-8,10-12,14,16-18,23,28-30,35,37-70H2,1-4H3,(H,83,84)(H,85,86)/b13-9-,19-15-,24-20-,25-21-,26-22-,31-27-,34-32-,36-33-. The molecule has 0 aromatic rings. The first-order chi connectivity index (χ1) is 46.7. The van der Waals surface area contributed by atoms with Crippen LogP contribution in [0.1, 0.15) is 310 Å². The predicted octanol–water partition coefficient (Wildman–Crippen LogP) is 21.2. The van der Waals surface area contributed by atoms with Gasteiger partial charge in [0.05, 0.1) is 26.4 Å². The number of aliphatic hydroxyl groups excluding tert-OH is 1. The summed E-state index contributed by atoms with van der Waals surface area (Å²) >= 11 is 0. The van der Waals surface area contributed by atoms with Crippen molar-refractivity contribution < 1.29 is 80.2 Å².